The molecule has 0 heterocycles. The normalized spacial score (nSPS) is 14.4. The zero-order valence-electron chi connectivity index (χ0n) is 7.45. The highest BCUT2D eigenvalue weighted by atomic mass is 16.6. The van der Waals surface area contributed by atoms with E-state index < -0.39 is 34.3 Å². The Balaban J connectivity index is 4.23. The van der Waals surface area contributed by atoms with Gasteiger partial charge in [-0.1, -0.05) is 6.92 Å². The second kappa shape index (κ2) is 5.10. The first kappa shape index (κ1) is 12.3. The number of carbonyl (C=O) groups is 1. The number of carboxylic acid groups (broad SMARTS) is 1. The van der Waals surface area contributed by atoms with Crippen LogP contribution in [0.4, 0.5) is 0 Å². The van der Waals surface area contributed by atoms with Gasteiger partial charge < -0.3 is 5.11 Å². The molecule has 0 aromatic heterocycles. The van der Waals surface area contributed by atoms with Gasteiger partial charge in [-0.2, -0.15) is 0 Å². The molecule has 0 saturated carbocycles. The predicted octanol–water partition coefficient (Wildman–Crippen LogP) is 0.0192. The molecular formula is C6H10N2O6. The van der Waals surface area contributed by atoms with Crippen molar-refractivity contribution < 1.29 is 19.7 Å². The van der Waals surface area contributed by atoms with Gasteiger partial charge in [0.25, 0.3) is 0 Å². The predicted molar refractivity (Wildman–Crippen MR) is 44.1 cm³/mol. The summed E-state index contributed by atoms with van der Waals surface area (Å²) in [4.78, 5) is 29.0. The summed E-state index contributed by atoms with van der Waals surface area (Å²) in [5.41, 5.74) is 0. The lowest BCUT2D eigenvalue weighted by atomic mass is 10.0. The van der Waals surface area contributed by atoms with Gasteiger partial charge in [-0.25, -0.2) is 4.79 Å². The average Bonchev–Trinajstić information content (AvgIpc) is 1.97. The Morgan fingerprint density at radius 1 is 1.43 bits per heavy atom. The van der Waals surface area contributed by atoms with E-state index in [2.05, 4.69) is 0 Å². The molecule has 0 bridgehead atoms. The molecule has 0 fully saturated rings. The van der Waals surface area contributed by atoms with Crippen molar-refractivity contribution in [3.8, 4) is 0 Å². The molecule has 0 amide bonds. The van der Waals surface area contributed by atoms with Gasteiger partial charge in [0, 0.05) is 22.2 Å². The largest absolute Gasteiger partial charge is 0.476 e. The van der Waals surface area contributed by atoms with Crippen LogP contribution < -0.4 is 0 Å². The van der Waals surface area contributed by atoms with Crippen molar-refractivity contribution in [1.29, 1.82) is 0 Å². The maximum absolute atomic E-state index is 10.4. The van der Waals surface area contributed by atoms with Gasteiger partial charge in [-0.3, -0.25) is 20.2 Å². The molecule has 14 heavy (non-hydrogen) atoms. The number of nitro groups is 2. The average molecular weight is 206 g/mol. The van der Waals surface area contributed by atoms with Crippen LogP contribution in [0.1, 0.15) is 13.3 Å². The summed E-state index contributed by atoms with van der Waals surface area (Å²) in [6.45, 7) is 0.944. The fourth-order valence-corrected chi connectivity index (χ4v) is 0.987. The van der Waals surface area contributed by atoms with E-state index in [4.69, 9.17) is 5.11 Å². The quantitative estimate of drug-likeness (QED) is 0.482. The Labute approximate surface area is 78.8 Å². The van der Waals surface area contributed by atoms with Gasteiger partial charge in [0.2, 0.25) is 6.54 Å². The Hall–Kier alpha value is -1.73. The molecule has 0 saturated heterocycles. The summed E-state index contributed by atoms with van der Waals surface area (Å²) in [6.07, 6.45) is -0.330. The molecule has 2 unspecified atom stereocenters. The van der Waals surface area contributed by atoms with Crippen LogP contribution in [0.2, 0.25) is 0 Å². The van der Waals surface area contributed by atoms with Crippen LogP contribution in [0.25, 0.3) is 0 Å². The van der Waals surface area contributed by atoms with Crippen LogP contribution in [-0.2, 0) is 4.79 Å². The number of hydrogen-bond acceptors (Lipinski definition) is 5. The monoisotopic (exact) mass is 206 g/mol. The van der Waals surface area contributed by atoms with E-state index in [1.807, 2.05) is 0 Å². The third-order valence-corrected chi connectivity index (χ3v) is 1.63. The van der Waals surface area contributed by atoms with E-state index in [0.29, 0.717) is 0 Å². The van der Waals surface area contributed by atoms with Crippen LogP contribution in [0.15, 0.2) is 0 Å². The molecule has 0 aromatic rings. The first-order valence-electron chi connectivity index (χ1n) is 3.82. The van der Waals surface area contributed by atoms with E-state index in [-0.39, 0.29) is 6.42 Å². The van der Waals surface area contributed by atoms with E-state index >= 15 is 0 Å². The third kappa shape index (κ3) is 4.33. The van der Waals surface area contributed by atoms with Gasteiger partial charge in [-0.05, 0) is 0 Å². The van der Waals surface area contributed by atoms with Crippen LogP contribution >= 0.6 is 0 Å². The Morgan fingerprint density at radius 2 is 1.93 bits per heavy atom. The summed E-state index contributed by atoms with van der Waals surface area (Å²) in [5.74, 6) is -2.19. The minimum atomic E-state index is -1.76. The zero-order valence-corrected chi connectivity index (χ0v) is 7.45. The summed E-state index contributed by atoms with van der Waals surface area (Å²) in [5, 5.41) is 28.7. The first-order chi connectivity index (χ1) is 6.34. The molecule has 80 valence electrons. The van der Waals surface area contributed by atoms with Crippen molar-refractivity contribution in [1.82, 2.24) is 0 Å². The summed E-state index contributed by atoms with van der Waals surface area (Å²) >= 11 is 0. The highest BCUT2D eigenvalue weighted by Crippen LogP contribution is 2.09. The second-order valence-electron chi connectivity index (χ2n) is 3.00. The minimum Gasteiger partial charge on any atom is -0.476 e. The molecular weight excluding hydrogens is 196 g/mol. The first-order valence-corrected chi connectivity index (χ1v) is 3.82. The fraction of sp³-hybridized carbons (Fsp3) is 0.833. The van der Waals surface area contributed by atoms with E-state index in [9.17, 15) is 25.0 Å². The van der Waals surface area contributed by atoms with E-state index in [0.717, 1.165) is 0 Å². The minimum absolute atomic E-state index is 0.330. The molecule has 2 atom stereocenters. The Morgan fingerprint density at radius 3 is 2.21 bits per heavy atom. The zero-order chi connectivity index (χ0) is 11.3. The number of nitrogens with zero attached hydrogens (tertiary/aromatic N) is 2. The molecule has 0 aliphatic rings. The van der Waals surface area contributed by atoms with Crippen molar-refractivity contribution >= 4 is 5.97 Å². The van der Waals surface area contributed by atoms with Gasteiger partial charge >= 0.3 is 12.0 Å². The third-order valence-electron chi connectivity index (χ3n) is 1.63. The molecule has 8 nitrogen and oxygen atoms in total. The van der Waals surface area contributed by atoms with Crippen LogP contribution in [-0.4, -0.2) is 33.5 Å². The molecule has 0 spiro atoms. The van der Waals surface area contributed by atoms with Crippen molar-refractivity contribution in [2.45, 2.75) is 19.4 Å². The van der Waals surface area contributed by atoms with Crippen LogP contribution in [0.5, 0.6) is 0 Å². The molecule has 0 rings (SSSR count). The molecule has 0 aliphatic heterocycles. The van der Waals surface area contributed by atoms with Gasteiger partial charge in [0.05, 0.1) is 0 Å². The van der Waals surface area contributed by atoms with Gasteiger partial charge in [0.15, 0.2) is 0 Å². The standard InChI is InChI=1S/C6H10N2O6/c1-4(3-7(11)12)2-5(6(9)10)8(13)14/h4-5H,2-3H2,1H3,(H,9,10). The maximum atomic E-state index is 10.4. The summed E-state index contributed by atoms with van der Waals surface area (Å²) in [6, 6.07) is -1.76. The molecule has 0 aromatic carbocycles. The number of carboxylic acids is 1. The van der Waals surface area contributed by atoms with Crippen molar-refractivity contribution in [2.24, 2.45) is 5.92 Å². The lowest BCUT2D eigenvalue weighted by Crippen LogP contribution is -2.32. The van der Waals surface area contributed by atoms with Crippen LogP contribution in [0, 0.1) is 26.1 Å². The fourth-order valence-electron chi connectivity index (χ4n) is 0.987. The molecule has 1 N–H and O–H groups in total. The topological polar surface area (TPSA) is 124 Å². The molecule has 8 heteroatoms. The molecule has 0 aliphatic carbocycles. The SMILES string of the molecule is CC(CC(C(=O)O)[N+](=O)[O-])C[N+](=O)[O-]. The van der Waals surface area contributed by atoms with Crippen molar-refractivity contribution in [3.63, 3.8) is 0 Å². The lowest BCUT2D eigenvalue weighted by Gasteiger charge is -2.07. The van der Waals surface area contributed by atoms with Gasteiger partial charge in [0.1, 0.15) is 0 Å². The van der Waals surface area contributed by atoms with E-state index in [1.54, 1.807) is 0 Å². The Kier molecular flexibility index (Phi) is 4.47. The summed E-state index contributed by atoms with van der Waals surface area (Å²) < 4.78 is 0. The summed E-state index contributed by atoms with van der Waals surface area (Å²) in [7, 11) is 0. The van der Waals surface area contributed by atoms with Crippen LogP contribution in [0.3, 0.4) is 0 Å². The van der Waals surface area contributed by atoms with E-state index in [1.165, 1.54) is 6.92 Å². The smallest absolute Gasteiger partial charge is 0.379 e. The highest BCUT2D eigenvalue weighted by molar-refractivity contribution is 5.71. The van der Waals surface area contributed by atoms with Crippen molar-refractivity contribution in [3.05, 3.63) is 20.2 Å². The maximum Gasteiger partial charge on any atom is 0.379 e. The number of aliphatic carboxylic acids is 1. The molecule has 0 radical (unpaired) electrons. The Bertz CT molecular complexity index is 239. The van der Waals surface area contributed by atoms with Gasteiger partial charge in [-0.15, -0.1) is 0 Å². The number of rotatable bonds is 6. The highest BCUT2D eigenvalue weighted by Gasteiger charge is 2.32. The second-order valence-corrected chi connectivity index (χ2v) is 3.00. The lowest BCUT2D eigenvalue weighted by molar-refractivity contribution is -0.519. The number of hydrogen-bond donors (Lipinski definition) is 1. The van der Waals surface area contributed by atoms with Crippen molar-refractivity contribution in [2.75, 3.05) is 6.54 Å².